The van der Waals surface area contributed by atoms with Crippen LogP contribution in [0.3, 0.4) is 0 Å². The molecule has 0 atom stereocenters. The number of hydrogen-bond acceptors (Lipinski definition) is 2. The Bertz CT molecular complexity index is 652. The van der Waals surface area contributed by atoms with Crippen molar-refractivity contribution in [1.82, 2.24) is 4.98 Å². The van der Waals surface area contributed by atoms with Crippen LogP contribution in [0.4, 0.5) is 0 Å². The van der Waals surface area contributed by atoms with Gasteiger partial charge in [0, 0.05) is 22.2 Å². The molecular formula is C13H11NO. The quantitative estimate of drug-likeness (QED) is 0.550. The van der Waals surface area contributed by atoms with Crippen LogP contribution >= 0.6 is 0 Å². The van der Waals surface area contributed by atoms with Crippen molar-refractivity contribution in [2.45, 2.75) is 13.8 Å². The number of aromatic nitrogens is 1. The highest BCUT2D eigenvalue weighted by Gasteiger charge is 2.04. The van der Waals surface area contributed by atoms with Crippen molar-refractivity contribution in [1.29, 1.82) is 0 Å². The molecule has 2 heterocycles. The van der Waals surface area contributed by atoms with Gasteiger partial charge < -0.3 is 4.42 Å². The lowest BCUT2D eigenvalue weighted by Crippen LogP contribution is -1.87. The maximum atomic E-state index is 5.38. The van der Waals surface area contributed by atoms with Crippen molar-refractivity contribution in [3.05, 3.63) is 41.9 Å². The second-order valence-electron chi connectivity index (χ2n) is 3.88. The van der Waals surface area contributed by atoms with E-state index in [9.17, 15) is 0 Å². The molecule has 0 N–H and O–H groups in total. The van der Waals surface area contributed by atoms with Gasteiger partial charge in [-0.1, -0.05) is 0 Å². The summed E-state index contributed by atoms with van der Waals surface area (Å²) in [5, 5.41) is 3.55. The molecule has 0 saturated carbocycles. The van der Waals surface area contributed by atoms with E-state index in [0.29, 0.717) is 0 Å². The van der Waals surface area contributed by atoms with Gasteiger partial charge in [0.15, 0.2) is 0 Å². The average Bonchev–Trinajstić information content (AvgIpc) is 2.61. The third-order valence-electron chi connectivity index (χ3n) is 2.72. The van der Waals surface area contributed by atoms with Gasteiger partial charge in [-0.15, -0.1) is 0 Å². The lowest BCUT2D eigenvalue weighted by atomic mass is 10.1. The molecule has 0 bridgehead atoms. The van der Waals surface area contributed by atoms with Gasteiger partial charge in [-0.05, 0) is 43.5 Å². The summed E-state index contributed by atoms with van der Waals surface area (Å²) in [4.78, 5) is 4.45. The first-order chi connectivity index (χ1) is 7.24. The van der Waals surface area contributed by atoms with Gasteiger partial charge in [-0.25, -0.2) is 0 Å². The van der Waals surface area contributed by atoms with Crippen molar-refractivity contribution >= 4 is 21.7 Å². The van der Waals surface area contributed by atoms with Crippen LogP contribution in [0.1, 0.15) is 11.4 Å². The van der Waals surface area contributed by atoms with Crippen LogP contribution in [-0.2, 0) is 0 Å². The summed E-state index contributed by atoms with van der Waals surface area (Å²) in [5.74, 6) is 0. The summed E-state index contributed by atoms with van der Waals surface area (Å²) in [5.41, 5.74) is 3.04. The molecule has 74 valence electrons. The minimum absolute atomic E-state index is 0.927. The second-order valence-corrected chi connectivity index (χ2v) is 3.88. The van der Waals surface area contributed by atoms with Crippen molar-refractivity contribution in [2.24, 2.45) is 0 Å². The number of aryl methyl sites for hydroxylation is 2. The Kier molecular flexibility index (Phi) is 1.60. The molecule has 0 radical (unpaired) electrons. The third kappa shape index (κ3) is 1.22. The van der Waals surface area contributed by atoms with Crippen LogP contribution < -0.4 is 0 Å². The Morgan fingerprint density at radius 3 is 2.80 bits per heavy atom. The van der Waals surface area contributed by atoms with E-state index in [-0.39, 0.29) is 0 Å². The smallest absolute Gasteiger partial charge is 0.134 e. The zero-order chi connectivity index (χ0) is 10.4. The van der Waals surface area contributed by atoms with E-state index >= 15 is 0 Å². The minimum Gasteiger partial charge on any atom is -0.464 e. The first-order valence-corrected chi connectivity index (χ1v) is 4.99. The van der Waals surface area contributed by atoms with Gasteiger partial charge in [-0.2, -0.15) is 0 Å². The van der Waals surface area contributed by atoms with Gasteiger partial charge in [0.1, 0.15) is 5.58 Å². The number of fused-ring (bicyclic) bond motifs is 2. The van der Waals surface area contributed by atoms with Crippen LogP contribution in [0.25, 0.3) is 21.7 Å². The molecule has 15 heavy (non-hydrogen) atoms. The fraction of sp³-hybridized carbons (Fsp3) is 0.154. The van der Waals surface area contributed by atoms with Crippen LogP contribution in [0, 0.1) is 13.8 Å². The van der Waals surface area contributed by atoms with E-state index < -0.39 is 0 Å². The normalized spacial score (nSPS) is 11.3. The highest BCUT2D eigenvalue weighted by atomic mass is 16.3. The molecule has 0 aliphatic heterocycles. The minimum atomic E-state index is 0.927. The van der Waals surface area contributed by atoms with E-state index in [0.717, 1.165) is 22.4 Å². The average molecular weight is 197 g/mol. The first-order valence-electron chi connectivity index (χ1n) is 4.99. The Hall–Kier alpha value is -1.83. The van der Waals surface area contributed by atoms with Crippen LogP contribution in [0.2, 0.25) is 0 Å². The van der Waals surface area contributed by atoms with Gasteiger partial charge in [0.2, 0.25) is 0 Å². The predicted molar refractivity (Wildman–Crippen MR) is 61.0 cm³/mol. The molecule has 0 aliphatic rings. The summed E-state index contributed by atoms with van der Waals surface area (Å²) in [6, 6.07) is 8.30. The standard InChI is InChI=1S/C13H11NO/c1-8-5-11-6-10-3-4-15-13(10)7-12(11)9(2)14-8/h3-7H,1-2H3. The van der Waals surface area contributed by atoms with Gasteiger partial charge in [-0.3, -0.25) is 4.98 Å². The molecule has 0 saturated heterocycles. The number of hydrogen-bond donors (Lipinski definition) is 0. The summed E-state index contributed by atoms with van der Waals surface area (Å²) < 4.78 is 5.38. The molecule has 3 rings (SSSR count). The maximum absolute atomic E-state index is 5.38. The maximum Gasteiger partial charge on any atom is 0.134 e. The van der Waals surface area contributed by atoms with E-state index in [1.165, 1.54) is 10.8 Å². The zero-order valence-corrected chi connectivity index (χ0v) is 8.74. The Balaban J connectivity index is 2.54. The molecule has 1 aromatic carbocycles. The fourth-order valence-corrected chi connectivity index (χ4v) is 2.04. The number of pyridine rings is 1. The van der Waals surface area contributed by atoms with E-state index in [1.54, 1.807) is 6.26 Å². The molecule has 2 heteroatoms. The lowest BCUT2D eigenvalue weighted by molar-refractivity contribution is 0.616. The summed E-state index contributed by atoms with van der Waals surface area (Å²) in [6.07, 6.45) is 1.72. The number of furan rings is 1. The molecular weight excluding hydrogens is 186 g/mol. The highest BCUT2D eigenvalue weighted by Crippen LogP contribution is 2.25. The summed E-state index contributed by atoms with van der Waals surface area (Å²) in [6.45, 7) is 4.05. The molecule has 0 unspecified atom stereocenters. The second kappa shape index (κ2) is 2.83. The molecule has 3 aromatic rings. The molecule has 2 nitrogen and oxygen atoms in total. The Morgan fingerprint density at radius 1 is 1.07 bits per heavy atom. The van der Waals surface area contributed by atoms with E-state index in [2.05, 4.69) is 23.2 Å². The van der Waals surface area contributed by atoms with Gasteiger partial charge in [0.25, 0.3) is 0 Å². The largest absolute Gasteiger partial charge is 0.464 e. The summed E-state index contributed by atoms with van der Waals surface area (Å²) in [7, 11) is 0. The monoisotopic (exact) mass is 197 g/mol. The molecule has 2 aromatic heterocycles. The van der Waals surface area contributed by atoms with Crippen molar-refractivity contribution in [3.8, 4) is 0 Å². The lowest BCUT2D eigenvalue weighted by Gasteiger charge is -2.03. The zero-order valence-electron chi connectivity index (χ0n) is 8.74. The SMILES string of the molecule is Cc1cc2cc3ccoc3cc2c(C)n1. The van der Waals surface area contributed by atoms with E-state index in [4.69, 9.17) is 4.42 Å². The predicted octanol–water partition coefficient (Wildman–Crippen LogP) is 3.60. The number of nitrogens with zero attached hydrogens (tertiary/aromatic N) is 1. The van der Waals surface area contributed by atoms with Crippen molar-refractivity contribution < 1.29 is 4.42 Å². The van der Waals surface area contributed by atoms with Gasteiger partial charge in [0.05, 0.1) is 6.26 Å². The molecule has 0 spiro atoms. The topological polar surface area (TPSA) is 26.0 Å². The van der Waals surface area contributed by atoms with Crippen LogP contribution in [-0.4, -0.2) is 4.98 Å². The number of rotatable bonds is 0. The first kappa shape index (κ1) is 8.48. The van der Waals surface area contributed by atoms with Crippen molar-refractivity contribution in [3.63, 3.8) is 0 Å². The Morgan fingerprint density at radius 2 is 1.93 bits per heavy atom. The highest BCUT2D eigenvalue weighted by molar-refractivity contribution is 5.96. The van der Waals surface area contributed by atoms with Gasteiger partial charge >= 0.3 is 0 Å². The molecule has 0 aliphatic carbocycles. The fourth-order valence-electron chi connectivity index (χ4n) is 2.04. The molecule has 0 fully saturated rings. The third-order valence-corrected chi connectivity index (χ3v) is 2.72. The van der Waals surface area contributed by atoms with Crippen LogP contribution in [0.15, 0.2) is 34.9 Å². The van der Waals surface area contributed by atoms with E-state index in [1.807, 2.05) is 19.9 Å². The molecule has 0 amide bonds. The van der Waals surface area contributed by atoms with Crippen LogP contribution in [0.5, 0.6) is 0 Å². The summed E-state index contributed by atoms with van der Waals surface area (Å²) >= 11 is 0. The Labute approximate surface area is 87.5 Å². The number of benzene rings is 1. The van der Waals surface area contributed by atoms with Crippen molar-refractivity contribution in [2.75, 3.05) is 0 Å².